The predicted molar refractivity (Wildman–Crippen MR) is 109 cm³/mol. The third-order valence-electron chi connectivity index (χ3n) is 4.71. The molecule has 1 aliphatic heterocycles. The summed E-state index contributed by atoms with van der Waals surface area (Å²) < 4.78 is 26.5. The quantitative estimate of drug-likeness (QED) is 0.684. The fraction of sp³-hybridized carbons (Fsp3) is 0.600. The van der Waals surface area contributed by atoms with Crippen LogP contribution in [0.4, 0.5) is 0 Å². The molecule has 2 amide bonds. The molecule has 1 unspecified atom stereocenters. The van der Waals surface area contributed by atoms with Gasteiger partial charge in [-0.15, -0.1) is 0 Å². The van der Waals surface area contributed by atoms with Crippen LogP contribution in [-0.4, -0.2) is 44.3 Å². The van der Waals surface area contributed by atoms with Gasteiger partial charge in [0.15, 0.2) is 0 Å². The van der Waals surface area contributed by atoms with E-state index in [-0.39, 0.29) is 29.5 Å². The maximum absolute atomic E-state index is 12.4. The third-order valence-corrected chi connectivity index (χ3v) is 6.25. The summed E-state index contributed by atoms with van der Waals surface area (Å²) in [5, 5.41) is 2.93. The van der Waals surface area contributed by atoms with E-state index in [1.165, 1.54) is 0 Å². The lowest BCUT2D eigenvalue weighted by Crippen LogP contribution is -2.45. The summed E-state index contributed by atoms with van der Waals surface area (Å²) in [5.74, 6) is -0.187. The number of likely N-dealkylation sites (tertiary alicyclic amines) is 1. The zero-order chi connectivity index (χ0) is 20.7. The number of carbonyl (C=O) groups is 2. The Bertz CT molecular complexity index is 775. The van der Waals surface area contributed by atoms with E-state index >= 15 is 0 Å². The average Bonchev–Trinajstić information content (AvgIpc) is 2.65. The zero-order valence-corrected chi connectivity index (χ0v) is 17.7. The minimum atomic E-state index is -3.35. The molecular weight excluding hydrogens is 378 g/mol. The molecule has 7 nitrogen and oxygen atoms in total. The van der Waals surface area contributed by atoms with Crippen LogP contribution in [0.3, 0.4) is 0 Å². The van der Waals surface area contributed by atoms with Crippen LogP contribution in [0.5, 0.6) is 0 Å². The number of hydrogen-bond donors (Lipinski definition) is 2. The summed E-state index contributed by atoms with van der Waals surface area (Å²) in [7, 11) is -3.35. The van der Waals surface area contributed by atoms with Gasteiger partial charge < -0.3 is 10.2 Å². The minimum Gasteiger partial charge on any atom is -0.352 e. The Morgan fingerprint density at radius 1 is 1.18 bits per heavy atom. The molecule has 1 atom stereocenters. The van der Waals surface area contributed by atoms with Gasteiger partial charge in [0.2, 0.25) is 21.8 Å². The molecule has 1 fully saturated rings. The summed E-state index contributed by atoms with van der Waals surface area (Å²) in [4.78, 5) is 26.1. The molecule has 1 aliphatic rings. The number of sulfonamides is 1. The van der Waals surface area contributed by atoms with Gasteiger partial charge in [-0.2, -0.15) is 0 Å². The van der Waals surface area contributed by atoms with E-state index in [4.69, 9.17) is 0 Å². The number of nitrogens with zero attached hydrogens (tertiary/aromatic N) is 1. The van der Waals surface area contributed by atoms with Crippen molar-refractivity contribution < 1.29 is 18.0 Å². The van der Waals surface area contributed by atoms with Gasteiger partial charge in [0.25, 0.3) is 0 Å². The van der Waals surface area contributed by atoms with Gasteiger partial charge in [0.1, 0.15) is 0 Å². The molecular formula is C20H31N3O4S. The number of hydrogen-bond acceptors (Lipinski definition) is 4. The van der Waals surface area contributed by atoms with Crippen LogP contribution < -0.4 is 10.0 Å². The van der Waals surface area contributed by atoms with Gasteiger partial charge in [-0.05, 0) is 37.8 Å². The van der Waals surface area contributed by atoms with Gasteiger partial charge >= 0.3 is 0 Å². The van der Waals surface area contributed by atoms with Crippen molar-refractivity contribution in [3.05, 3.63) is 35.4 Å². The van der Waals surface area contributed by atoms with E-state index < -0.39 is 10.0 Å². The predicted octanol–water partition coefficient (Wildman–Crippen LogP) is 1.78. The Morgan fingerprint density at radius 2 is 1.82 bits per heavy atom. The molecule has 0 aromatic heterocycles. The lowest BCUT2D eigenvalue weighted by atomic mass is 9.96. The lowest BCUT2D eigenvalue weighted by molar-refractivity contribution is -0.135. The van der Waals surface area contributed by atoms with Crippen LogP contribution in [0.1, 0.15) is 51.2 Å². The molecule has 0 aliphatic carbocycles. The normalized spacial score (nSPS) is 17.6. The average molecular weight is 410 g/mol. The van der Waals surface area contributed by atoms with Gasteiger partial charge in [-0.25, -0.2) is 13.1 Å². The molecule has 1 saturated heterocycles. The number of nitrogens with one attached hydrogen (secondary N) is 2. The highest BCUT2D eigenvalue weighted by molar-refractivity contribution is 7.88. The van der Waals surface area contributed by atoms with E-state index in [9.17, 15) is 18.0 Å². The van der Waals surface area contributed by atoms with Crippen LogP contribution in [0.15, 0.2) is 24.3 Å². The van der Waals surface area contributed by atoms with Crippen molar-refractivity contribution in [1.29, 1.82) is 0 Å². The Labute approximate surface area is 167 Å². The molecule has 1 aromatic carbocycles. The molecule has 1 heterocycles. The maximum Gasteiger partial charge on any atom is 0.225 e. The second-order valence-corrected chi connectivity index (χ2v) is 9.35. The standard InChI is InChI=1S/C20H31N3O4S/c1-4-19(24)23-11-5-6-18(13-23)20(25)21-12-16-7-9-17(10-8-16)14-28(26,27)22-15(2)3/h7-10,15,18,22H,4-6,11-14H2,1-3H3,(H,21,25). The molecule has 0 spiro atoms. The topological polar surface area (TPSA) is 95.6 Å². The van der Waals surface area contributed by atoms with Gasteiger partial charge in [0, 0.05) is 32.1 Å². The lowest BCUT2D eigenvalue weighted by Gasteiger charge is -2.31. The van der Waals surface area contributed by atoms with E-state index in [0.717, 1.165) is 24.9 Å². The monoisotopic (exact) mass is 409 g/mol. The van der Waals surface area contributed by atoms with Crippen molar-refractivity contribution >= 4 is 21.8 Å². The van der Waals surface area contributed by atoms with E-state index in [0.29, 0.717) is 25.1 Å². The SMILES string of the molecule is CCC(=O)N1CCCC(C(=O)NCc2ccc(CS(=O)(=O)NC(C)C)cc2)C1. The maximum atomic E-state index is 12.4. The Balaban J connectivity index is 1.86. The molecule has 1 aromatic rings. The van der Waals surface area contributed by atoms with Gasteiger partial charge in [-0.3, -0.25) is 9.59 Å². The Kier molecular flexibility index (Phi) is 8.00. The third kappa shape index (κ3) is 6.91. The summed E-state index contributed by atoms with van der Waals surface area (Å²) >= 11 is 0. The van der Waals surface area contributed by atoms with Crippen molar-refractivity contribution in [1.82, 2.24) is 14.9 Å². The number of piperidine rings is 1. The number of carbonyl (C=O) groups excluding carboxylic acids is 2. The van der Waals surface area contributed by atoms with Crippen molar-refractivity contribution in [2.75, 3.05) is 13.1 Å². The molecule has 2 N–H and O–H groups in total. The Morgan fingerprint density at radius 3 is 2.43 bits per heavy atom. The summed E-state index contributed by atoms with van der Waals surface area (Å²) in [5.41, 5.74) is 1.60. The smallest absolute Gasteiger partial charge is 0.225 e. The first-order valence-corrected chi connectivity index (χ1v) is 11.5. The fourth-order valence-corrected chi connectivity index (χ4v) is 4.78. The van der Waals surface area contributed by atoms with Crippen LogP contribution in [0.25, 0.3) is 0 Å². The van der Waals surface area contributed by atoms with Gasteiger partial charge in [-0.1, -0.05) is 31.2 Å². The van der Waals surface area contributed by atoms with Gasteiger partial charge in [0.05, 0.1) is 11.7 Å². The summed E-state index contributed by atoms with van der Waals surface area (Å²) in [6.07, 6.45) is 2.10. The highest BCUT2D eigenvalue weighted by Gasteiger charge is 2.27. The molecule has 156 valence electrons. The van der Waals surface area contributed by atoms with Crippen molar-refractivity contribution in [2.45, 2.75) is 58.4 Å². The largest absolute Gasteiger partial charge is 0.352 e. The van der Waals surface area contributed by atoms with Crippen molar-refractivity contribution in [2.24, 2.45) is 5.92 Å². The number of amides is 2. The van der Waals surface area contributed by atoms with Crippen LogP contribution in [0, 0.1) is 5.92 Å². The molecule has 8 heteroatoms. The number of benzene rings is 1. The molecule has 2 rings (SSSR count). The van der Waals surface area contributed by atoms with E-state index in [1.54, 1.807) is 30.9 Å². The van der Waals surface area contributed by atoms with Crippen LogP contribution in [0.2, 0.25) is 0 Å². The first-order valence-electron chi connectivity index (χ1n) is 9.83. The molecule has 28 heavy (non-hydrogen) atoms. The molecule has 0 radical (unpaired) electrons. The molecule has 0 saturated carbocycles. The van der Waals surface area contributed by atoms with Crippen LogP contribution in [-0.2, 0) is 31.9 Å². The van der Waals surface area contributed by atoms with Crippen molar-refractivity contribution in [3.63, 3.8) is 0 Å². The highest BCUT2D eigenvalue weighted by Crippen LogP contribution is 2.17. The second kappa shape index (κ2) is 10.0. The molecule has 0 bridgehead atoms. The zero-order valence-electron chi connectivity index (χ0n) is 16.9. The van der Waals surface area contributed by atoms with E-state index in [1.807, 2.05) is 19.1 Å². The summed E-state index contributed by atoms with van der Waals surface area (Å²) in [6.45, 7) is 7.00. The fourth-order valence-electron chi connectivity index (χ4n) is 3.35. The second-order valence-electron chi connectivity index (χ2n) is 7.60. The number of rotatable bonds is 8. The summed E-state index contributed by atoms with van der Waals surface area (Å²) in [6, 6.07) is 7.05. The minimum absolute atomic E-state index is 0.0404. The van der Waals surface area contributed by atoms with Crippen LogP contribution >= 0.6 is 0 Å². The first-order chi connectivity index (χ1) is 13.2. The first kappa shape index (κ1) is 22.4. The highest BCUT2D eigenvalue weighted by atomic mass is 32.2. The van der Waals surface area contributed by atoms with E-state index in [2.05, 4.69) is 10.0 Å². The van der Waals surface area contributed by atoms with Crippen molar-refractivity contribution in [3.8, 4) is 0 Å². The Hall–Kier alpha value is -1.93.